The highest BCUT2D eigenvalue weighted by Crippen LogP contribution is 2.54. The minimum atomic E-state index is -0.0638. The minimum Gasteiger partial charge on any atom is -0.484 e. The third-order valence-corrected chi connectivity index (χ3v) is 12.1. The number of ether oxygens (including phenoxy) is 1. The van der Waals surface area contributed by atoms with Gasteiger partial charge in [-0.25, -0.2) is 0 Å². The van der Waals surface area contributed by atoms with Gasteiger partial charge < -0.3 is 9.30 Å². The van der Waals surface area contributed by atoms with E-state index in [0.29, 0.717) is 0 Å². The quantitative estimate of drug-likeness (QED) is 0.166. The van der Waals surface area contributed by atoms with Crippen molar-refractivity contribution in [1.29, 1.82) is 0 Å². The average molecular weight is 714 g/mol. The summed E-state index contributed by atoms with van der Waals surface area (Å²) < 4.78 is 9.43. The van der Waals surface area contributed by atoms with Gasteiger partial charge in [0.05, 0.1) is 11.0 Å². The van der Waals surface area contributed by atoms with E-state index in [1.807, 2.05) is 0 Å². The Bertz CT molecular complexity index is 3230. The molecule has 0 spiro atoms. The van der Waals surface area contributed by atoms with Crippen LogP contribution in [0.15, 0.2) is 200 Å². The van der Waals surface area contributed by atoms with Crippen molar-refractivity contribution >= 4 is 54.1 Å². The zero-order valence-electron chi connectivity index (χ0n) is 30.6. The second-order valence-corrected chi connectivity index (χ2v) is 15.1. The number of benzene rings is 9. The Labute approximate surface area is 324 Å². The number of aromatic nitrogens is 1. The monoisotopic (exact) mass is 713 g/mol. The highest BCUT2D eigenvalue weighted by Gasteiger charge is 2.37. The van der Waals surface area contributed by atoms with Crippen molar-refractivity contribution in [3.8, 4) is 44.8 Å². The Morgan fingerprint density at radius 2 is 1.00 bits per heavy atom. The van der Waals surface area contributed by atoms with Crippen LogP contribution in [0.5, 0.6) is 5.75 Å². The Morgan fingerprint density at radius 3 is 1.77 bits per heavy atom. The standard InChI is InChI=1S/C54H35NO/c1-2-17-36(18-3-1)55-48-27-12-10-20-39(48)47-33-35(29-32-49(47)55)38-30-31-46(53-45-25-11-13-28-50(45)56-54(38)53)52-43-23-8-6-21-41(43)51(42-22-7-9-24-44(42)52)40-26-14-16-34-15-4-5-19-37(34)40/h1-33,45,50H. The molecule has 0 amide bonds. The lowest BCUT2D eigenvalue weighted by Crippen LogP contribution is -2.15. The molecule has 12 rings (SSSR count). The van der Waals surface area contributed by atoms with E-state index in [1.54, 1.807) is 0 Å². The molecular formula is C54H35NO. The minimum absolute atomic E-state index is 0.0638. The van der Waals surface area contributed by atoms with E-state index in [0.717, 1.165) is 22.6 Å². The maximum atomic E-state index is 7.05. The van der Waals surface area contributed by atoms with Crippen LogP contribution in [-0.4, -0.2) is 10.7 Å². The molecule has 56 heavy (non-hydrogen) atoms. The summed E-state index contributed by atoms with van der Waals surface area (Å²) >= 11 is 0. The van der Waals surface area contributed by atoms with Crippen LogP contribution in [-0.2, 0) is 0 Å². The Balaban J connectivity index is 1.12. The largest absolute Gasteiger partial charge is 0.484 e. The predicted octanol–water partition coefficient (Wildman–Crippen LogP) is 14.2. The van der Waals surface area contributed by atoms with Gasteiger partial charge in [0.25, 0.3) is 0 Å². The summed E-state index contributed by atoms with van der Waals surface area (Å²) in [5.41, 5.74) is 12.1. The summed E-state index contributed by atoms with van der Waals surface area (Å²) in [6.45, 7) is 0. The molecule has 2 heteroatoms. The van der Waals surface area contributed by atoms with Crippen molar-refractivity contribution in [2.24, 2.45) is 0 Å². The second kappa shape index (κ2) is 12.2. The topological polar surface area (TPSA) is 14.2 Å². The zero-order valence-corrected chi connectivity index (χ0v) is 30.6. The molecule has 9 aromatic carbocycles. The first-order valence-corrected chi connectivity index (χ1v) is 19.5. The summed E-state index contributed by atoms with van der Waals surface area (Å²) in [6, 6.07) is 64.4. The molecule has 0 radical (unpaired) electrons. The SMILES string of the molecule is C1=CC2Oc3c(-c4ccc5c(c4)c4ccccc4n5-c4ccccc4)ccc(-c4c5ccccc5c(-c5cccc6ccccc56)c5ccccc45)c3C2C=C1. The molecule has 2 heterocycles. The zero-order chi connectivity index (χ0) is 36.7. The molecule has 2 nitrogen and oxygen atoms in total. The maximum Gasteiger partial charge on any atom is 0.132 e. The molecule has 1 aromatic heterocycles. The lowest BCUT2D eigenvalue weighted by atomic mass is 9.80. The van der Waals surface area contributed by atoms with Gasteiger partial charge in [0.1, 0.15) is 11.9 Å². The van der Waals surface area contributed by atoms with Gasteiger partial charge in [0.2, 0.25) is 0 Å². The van der Waals surface area contributed by atoms with Gasteiger partial charge in [-0.05, 0) is 96.5 Å². The smallest absolute Gasteiger partial charge is 0.132 e. The van der Waals surface area contributed by atoms with Crippen LogP contribution in [0.1, 0.15) is 11.5 Å². The molecule has 0 saturated carbocycles. The average Bonchev–Trinajstić information content (AvgIpc) is 3.82. The third-order valence-electron chi connectivity index (χ3n) is 12.1. The van der Waals surface area contributed by atoms with Crippen molar-refractivity contribution in [2.75, 3.05) is 0 Å². The first kappa shape index (κ1) is 31.2. The van der Waals surface area contributed by atoms with Crippen molar-refractivity contribution in [3.63, 3.8) is 0 Å². The van der Waals surface area contributed by atoms with Crippen LogP contribution >= 0.6 is 0 Å². The third kappa shape index (κ3) is 4.50. The number of hydrogen-bond acceptors (Lipinski definition) is 1. The molecular weight excluding hydrogens is 679 g/mol. The van der Waals surface area contributed by atoms with Crippen LogP contribution in [0, 0.1) is 0 Å². The van der Waals surface area contributed by atoms with Crippen LogP contribution in [0.4, 0.5) is 0 Å². The molecule has 10 aromatic rings. The van der Waals surface area contributed by atoms with E-state index in [-0.39, 0.29) is 12.0 Å². The molecule has 0 fully saturated rings. The normalized spacial score (nSPS) is 15.9. The molecule has 0 N–H and O–H groups in total. The first-order chi connectivity index (χ1) is 27.8. The number of allylic oxidation sites excluding steroid dienone is 2. The van der Waals surface area contributed by atoms with Gasteiger partial charge in [-0.15, -0.1) is 0 Å². The molecule has 1 aliphatic heterocycles. The molecule has 2 unspecified atom stereocenters. The van der Waals surface area contributed by atoms with Crippen molar-refractivity contribution < 1.29 is 4.74 Å². The van der Waals surface area contributed by atoms with Gasteiger partial charge in [-0.2, -0.15) is 0 Å². The van der Waals surface area contributed by atoms with E-state index >= 15 is 0 Å². The van der Waals surface area contributed by atoms with E-state index in [9.17, 15) is 0 Å². The predicted molar refractivity (Wildman–Crippen MR) is 235 cm³/mol. The number of rotatable bonds is 4. The van der Waals surface area contributed by atoms with Crippen LogP contribution in [0.25, 0.3) is 93.2 Å². The van der Waals surface area contributed by atoms with Crippen LogP contribution in [0.3, 0.4) is 0 Å². The summed E-state index contributed by atoms with van der Waals surface area (Å²) in [4.78, 5) is 0. The van der Waals surface area contributed by atoms with Gasteiger partial charge in [-0.3, -0.25) is 0 Å². The van der Waals surface area contributed by atoms with Crippen molar-refractivity contribution in [3.05, 3.63) is 206 Å². The summed E-state index contributed by atoms with van der Waals surface area (Å²) in [5, 5.41) is 10.00. The van der Waals surface area contributed by atoms with E-state index in [2.05, 4.69) is 205 Å². The van der Waals surface area contributed by atoms with Gasteiger partial charge >= 0.3 is 0 Å². The fourth-order valence-corrected chi connectivity index (χ4v) is 9.75. The van der Waals surface area contributed by atoms with Gasteiger partial charge in [0, 0.05) is 33.5 Å². The molecule has 2 atom stereocenters. The van der Waals surface area contributed by atoms with E-state index in [4.69, 9.17) is 4.74 Å². The fraction of sp³-hybridized carbons (Fsp3) is 0.0370. The molecule has 0 saturated heterocycles. The molecule has 1 aliphatic carbocycles. The lowest BCUT2D eigenvalue weighted by molar-refractivity contribution is 0.270. The number of fused-ring (bicyclic) bond motifs is 9. The summed E-state index contributed by atoms with van der Waals surface area (Å²) in [7, 11) is 0. The Kier molecular flexibility index (Phi) is 6.79. The van der Waals surface area contributed by atoms with Crippen LogP contribution < -0.4 is 4.74 Å². The van der Waals surface area contributed by atoms with Gasteiger partial charge in [0.15, 0.2) is 0 Å². The number of nitrogens with zero attached hydrogens (tertiary/aromatic N) is 1. The Hall–Kier alpha value is -7.16. The number of para-hydroxylation sites is 2. The summed E-state index contributed by atoms with van der Waals surface area (Å²) in [5.74, 6) is 1.08. The highest BCUT2D eigenvalue weighted by molar-refractivity contribution is 6.24. The van der Waals surface area contributed by atoms with Crippen molar-refractivity contribution in [1.82, 2.24) is 4.57 Å². The fourth-order valence-electron chi connectivity index (χ4n) is 9.75. The second-order valence-electron chi connectivity index (χ2n) is 15.1. The number of hydrogen-bond donors (Lipinski definition) is 0. The van der Waals surface area contributed by atoms with E-state index < -0.39 is 0 Å². The maximum absolute atomic E-state index is 7.05. The van der Waals surface area contributed by atoms with Crippen molar-refractivity contribution in [2.45, 2.75) is 12.0 Å². The summed E-state index contributed by atoms with van der Waals surface area (Å²) in [6.07, 6.45) is 8.79. The molecule has 0 bridgehead atoms. The molecule has 2 aliphatic rings. The highest BCUT2D eigenvalue weighted by atomic mass is 16.5. The molecule has 262 valence electrons. The first-order valence-electron chi connectivity index (χ1n) is 19.5. The van der Waals surface area contributed by atoms with E-state index in [1.165, 1.54) is 81.9 Å². The Morgan fingerprint density at radius 1 is 0.411 bits per heavy atom. The van der Waals surface area contributed by atoms with Gasteiger partial charge in [-0.1, -0.05) is 164 Å². The lowest BCUT2D eigenvalue weighted by Gasteiger charge is -2.21. The van der Waals surface area contributed by atoms with Crippen LogP contribution in [0.2, 0.25) is 0 Å².